The number of aromatic nitrogens is 1. The van der Waals surface area contributed by atoms with Gasteiger partial charge < -0.3 is 4.74 Å². The SMILES string of the molecule is CS(=O)(=O)NC1CCC(OCc2ccc(C(F)(F)F)cn2)CC1. The van der Waals surface area contributed by atoms with Gasteiger partial charge in [0.15, 0.2) is 0 Å². The molecule has 1 aliphatic carbocycles. The summed E-state index contributed by atoms with van der Waals surface area (Å²) in [4.78, 5) is 3.76. The number of sulfonamides is 1. The van der Waals surface area contributed by atoms with E-state index in [1.54, 1.807) is 0 Å². The van der Waals surface area contributed by atoms with Crippen LogP contribution in [0.15, 0.2) is 18.3 Å². The number of hydrogen-bond donors (Lipinski definition) is 1. The Morgan fingerprint density at radius 2 is 1.91 bits per heavy atom. The Hall–Kier alpha value is -1.19. The molecule has 1 N–H and O–H groups in total. The van der Waals surface area contributed by atoms with Crippen molar-refractivity contribution in [3.8, 4) is 0 Å². The highest BCUT2D eigenvalue weighted by Gasteiger charge is 2.30. The summed E-state index contributed by atoms with van der Waals surface area (Å²) in [5.74, 6) is 0. The molecule has 0 saturated heterocycles. The number of ether oxygens (including phenoxy) is 1. The van der Waals surface area contributed by atoms with E-state index in [2.05, 4.69) is 9.71 Å². The molecule has 1 aromatic rings. The third kappa shape index (κ3) is 6.08. The molecule has 1 heterocycles. The fourth-order valence-electron chi connectivity index (χ4n) is 2.53. The molecule has 0 aromatic carbocycles. The summed E-state index contributed by atoms with van der Waals surface area (Å²) < 4.78 is 67.8. The zero-order valence-electron chi connectivity index (χ0n) is 12.6. The number of nitrogens with zero attached hydrogens (tertiary/aromatic N) is 1. The molecule has 1 fully saturated rings. The Morgan fingerprint density at radius 3 is 2.39 bits per heavy atom. The van der Waals surface area contributed by atoms with Crippen molar-refractivity contribution >= 4 is 10.0 Å². The standard InChI is InChI=1S/C14H19F3N2O3S/c1-23(20,21)19-11-4-6-13(7-5-11)22-9-12-3-2-10(8-18-12)14(15,16)17/h2-3,8,11,13,19H,4-7,9H2,1H3. The summed E-state index contributed by atoms with van der Waals surface area (Å²) in [5, 5.41) is 0. The lowest BCUT2D eigenvalue weighted by Gasteiger charge is -2.28. The third-order valence-electron chi connectivity index (χ3n) is 3.67. The highest BCUT2D eigenvalue weighted by Crippen LogP contribution is 2.28. The second-order valence-corrected chi connectivity index (χ2v) is 7.49. The number of rotatable bonds is 5. The maximum atomic E-state index is 12.4. The van der Waals surface area contributed by atoms with Crippen molar-refractivity contribution in [3.63, 3.8) is 0 Å². The smallest absolute Gasteiger partial charge is 0.372 e. The van der Waals surface area contributed by atoms with E-state index >= 15 is 0 Å². The second-order valence-electron chi connectivity index (χ2n) is 5.71. The summed E-state index contributed by atoms with van der Waals surface area (Å²) in [5.41, 5.74) is -0.344. The topological polar surface area (TPSA) is 68.3 Å². The van der Waals surface area contributed by atoms with Crippen molar-refractivity contribution in [2.75, 3.05) is 6.26 Å². The maximum absolute atomic E-state index is 12.4. The van der Waals surface area contributed by atoms with E-state index in [0.29, 0.717) is 31.4 Å². The van der Waals surface area contributed by atoms with Crippen molar-refractivity contribution in [2.45, 2.75) is 50.6 Å². The van der Waals surface area contributed by atoms with E-state index in [4.69, 9.17) is 4.74 Å². The van der Waals surface area contributed by atoms with Crippen molar-refractivity contribution in [1.82, 2.24) is 9.71 Å². The van der Waals surface area contributed by atoms with Gasteiger partial charge in [0, 0.05) is 12.2 Å². The molecule has 0 radical (unpaired) electrons. The van der Waals surface area contributed by atoms with Crippen LogP contribution in [0.5, 0.6) is 0 Å². The van der Waals surface area contributed by atoms with Crippen LogP contribution in [0.25, 0.3) is 0 Å². The summed E-state index contributed by atoms with van der Waals surface area (Å²) in [7, 11) is -3.21. The first-order valence-electron chi connectivity index (χ1n) is 7.24. The second kappa shape index (κ2) is 7.14. The van der Waals surface area contributed by atoms with Crippen LogP contribution in [0.2, 0.25) is 0 Å². The van der Waals surface area contributed by atoms with Crippen LogP contribution >= 0.6 is 0 Å². The molecule has 1 aromatic heterocycles. The normalized spacial score (nSPS) is 23.0. The van der Waals surface area contributed by atoms with Gasteiger partial charge in [0.05, 0.1) is 30.2 Å². The van der Waals surface area contributed by atoms with Crippen LogP contribution in [0, 0.1) is 0 Å². The fourth-order valence-corrected chi connectivity index (χ4v) is 3.37. The van der Waals surface area contributed by atoms with Crippen LogP contribution in [0.4, 0.5) is 13.2 Å². The van der Waals surface area contributed by atoms with Gasteiger partial charge in [-0.25, -0.2) is 13.1 Å². The van der Waals surface area contributed by atoms with Crippen molar-refractivity contribution in [3.05, 3.63) is 29.6 Å². The Morgan fingerprint density at radius 1 is 1.26 bits per heavy atom. The van der Waals surface area contributed by atoms with E-state index in [0.717, 1.165) is 18.5 Å². The third-order valence-corrected chi connectivity index (χ3v) is 4.44. The largest absolute Gasteiger partial charge is 0.417 e. The lowest BCUT2D eigenvalue weighted by atomic mass is 9.94. The molecular weight excluding hydrogens is 333 g/mol. The quantitative estimate of drug-likeness (QED) is 0.884. The van der Waals surface area contributed by atoms with Crippen LogP contribution in [-0.2, 0) is 27.5 Å². The van der Waals surface area contributed by atoms with Gasteiger partial charge in [0.2, 0.25) is 10.0 Å². The van der Waals surface area contributed by atoms with E-state index in [-0.39, 0.29) is 18.8 Å². The first kappa shape index (κ1) is 18.2. The lowest BCUT2D eigenvalue weighted by Crippen LogP contribution is -2.38. The lowest BCUT2D eigenvalue weighted by molar-refractivity contribution is -0.137. The van der Waals surface area contributed by atoms with E-state index in [9.17, 15) is 21.6 Å². The maximum Gasteiger partial charge on any atom is 0.417 e. The van der Waals surface area contributed by atoms with Crippen LogP contribution in [-0.4, -0.2) is 31.8 Å². The van der Waals surface area contributed by atoms with Gasteiger partial charge in [0.1, 0.15) is 0 Å². The average Bonchev–Trinajstić information content (AvgIpc) is 2.44. The molecule has 23 heavy (non-hydrogen) atoms. The van der Waals surface area contributed by atoms with Gasteiger partial charge >= 0.3 is 6.18 Å². The number of nitrogens with one attached hydrogen (secondary N) is 1. The molecule has 0 atom stereocenters. The van der Waals surface area contributed by atoms with E-state index in [1.165, 1.54) is 6.07 Å². The predicted molar refractivity (Wildman–Crippen MR) is 78.1 cm³/mol. The zero-order valence-corrected chi connectivity index (χ0v) is 13.5. The van der Waals surface area contributed by atoms with Crippen molar-refractivity contribution in [1.29, 1.82) is 0 Å². The van der Waals surface area contributed by atoms with E-state index < -0.39 is 21.8 Å². The van der Waals surface area contributed by atoms with Gasteiger partial charge in [-0.1, -0.05) is 0 Å². The summed E-state index contributed by atoms with van der Waals surface area (Å²) in [6, 6.07) is 2.22. The van der Waals surface area contributed by atoms with Crippen LogP contribution < -0.4 is 4.72 Å². The van der Waals surface area contributed by atoms with Crippen molar-refractivity contribution < 1.29 is 26.3 Å². The molecule has 5 nitrogen and oxygen atoms in total. The van der Waals surface area contributed by atoms with Crippen LogP contribution in [0.3, 0.4) is 0 Å². The first-order valence-corrected chi connectivity index (χ1v) is 9.13. The molecule has 0 unspecified atom stereocenters. The monoisotopic (exact) mass is 352 g/mol. The molecule has 0 aliphatic heterocycles. The number of hydrogen-bond acceptors (Lipinski definition) is 4. The number of pyridine rings is 1. The Kier molecular flexibility index (Phi) is 5.64. The van der Waals surface area contributed by atoms with Gasteiger partial charge in [-0.2, -0.15) is 13.2 Å². The van der Waals surface area contributed by atoms with Crippen LogP contribution in [0.1, 0.15) is 36.9 Å². The minimum Gasteiger partial charge on any atom is -0.372 e. The number of halogens is 3. The van der Waals surface area contributed by atoms with Gasteiger partial charge in [-0.15, -0.1) is 0 Å². The Bertz CT molecular complexity index is 609. The highest BCUT2D eigenvalue weighted by molar-refractivity contribution is 7.88. The molecule has 0 spiro atoms. The zero-order chi connectivity index (χ0) is 17.1. The van der Waals surface area contributed by atoms with E-state index in [1.807, 2.05) is 0 Å². The molecular formula is C14H19F3N2O3S. The summed E-state index contributed by atoms with van der Waals surface area (Å²) in [6.45, 7) is 0.146. The molecule has 9 heteroatoms. The minimum absolute atomic E-state index is 0.0308. The Labute approximate surface area is 133 Å². The average molecular weight is 352 g/mol. The molecule has 0 amide bonds. The van der Waals surface area contributed by atoms with Gasteiger partial charge in [-0.05, 0) is 37.8 Å². The molecule has 2 rings (SSSR count). The van der Waals surface area contributed by atoms with Gasteiger partial charge in [0.25, 0.3) is 0 Å². The van der Waals surface area contributed by atoms with Gasteiger partial charge in [-0.3, -0.25) is 4.98 Å². The van der Waals surface area contributed by atoms with Crippen molar-refractivity contribution in [2.24, 2.45) is 0 Å². The summed E-state index contributed by atoms with van der Waals surface area (Å²) in [6.07, 6.45) is 0.268. The number of alkyl halides is 3. The Balaban J connectivity index is 1.77. The molecule has 1 aliphatic rings. The molecule has 130 valence electrons. The fraction of sp³-hybridized carbons (Fsp3) is 0.643. The molecule has 1 saturated carbocycles. The minimum atomic E-state index is -4.39. The predicted octanol–water partition coefficient (Wildman–Crippen LogP) is 2.48. The summed E-state index contributed by atoms with van der Waals surface area (Å²) >= 11 is 0. The molecule has 0 bridgehead atoms. The highest BCUT2D eigenvalue weighted by atomic mass is 32.2. The first-order chi connectivity index (χ1) is 10.6.